The first-order valence-corrected chi connectivity index (χ1v) is 14.2. The van der Waals surface area contributed by atoms with Gasteiger partial charge in [0, 0.05) is 29.6 Å². The van der Waals surface area contributed by atoms with Crippen LogP contribution in [-0.4, -0.2) is 49.3 Å². The van der Waals surface area contributed by atoms with Gasteiger partial charge in [-0.15, -0.1) is 11.3 Å². The average Bonchev–Trinajstić information content (AvgIpc) is 3.51. The van der Waals surface area contributed by atoms with Crippen LogP contribution < -0.4 is 0 Å². The van der Waals surface area contributed by atoms with Crippen LogP contribution in [0.2, 0.25) is 5.02 Å². The van der Waals surface area contributed by atoms with Crippen molar-refractivity contribution in [3.05, 3.63) is 87.1 Å². The summed E-state index contributed by atoms with van der Waals surface area (Å²) in [4.78, 5) is 16.6. The summed E-state index contributed by atoms with van der Waals surface area (Å²) < 4.78 is 34.1. The first kappa shape index (κ1) is 25.9. The molecule has 2 heterocycles. The van der Waals surface area contributed by atoms with Gasteiger partial charge in [-0.2, -0.15) is 4.31 Å². The third-order valence-corrected chi connectivity index (χ3v) is 9.15. The molecule has 1 unspecified atom stereocenters. The van der Waals surface area contributed by atoms with Crippen LogP contribution >= 0.6 is 22.9 Å². The number of nitrogens with zero attached hydrogens (tertiary/aromatic N) is 2. The third kappa shape index (κ3) is 6.71. The summed E-state index contributed by atoms with van der Waals surface area (Å²) in [6.07, 6.45) is 1.42. The molecule has 0 bridgehead atoms. The highest BCUT2D eigenvalue weighted by molar-refractivity contribution is 7.89. The van der Waals surface area contributed by atoms with Crippen molar-refractivity contribution in [2.45, 2.75) is 43.9 Å². The van der Waals surface area contributed by atoms with Crippen molar-refractivity contribution in [3.8, 4) is 0 Å². The molecule has 186 valence electrons. The molecular formula is C26H29ClN2O4S2. The van der Waals surface area contributed by atoms with Gasteiger partial charge in [0.25, 0.3) is 0 Å². The summed E-state index contributed by atoms with van der Waals surface area (Å²) in [5, 5.41) is 2.45. The molecule has 1 atom stereocenters. The third-order valence-electron chi connectivity index (χ3n) is 6.07. The van der Waals surface area contributed by atoms with Crippen molar-refractivity contribution in [2.75, 3.05) is 19.7 Å². The highest BCUT2D eigenvalue weighted by Gasteiger charge is 2.32. The topological polar surface area (TPSA) is 66.9 Å². The van der Waals surface area contributed by atoms with E-state index in [1.807, 2.05) is 48.7 Å². The number of amides is 1. The minimum Gasteiger partial charge on any atom is -0.377 e. The van der Waals surface area contributed by atoms with E-state index >= 15 is 0 Å². The van der Waals surface area contributed by atoms with Gasteiger partial charge in [-0.25, -0.2) is 8.42 Å². The van der Waals surface area contributed by atoms with Crippen molar-refractivity contribution >= 4 is 38.9 Å². The Bertz CT molecular complexity index is 1220. The van der Waals surface area contributed by atoms with Gasteiger partial charge in [0.1, 0.15) is 0 Å². The predicted octanol–water partition coefficient (Wildman–Crippen LogP) is 5.11. The molecule has 2 aromatic carbocycles. The molecule has 4 rings (SSSR count). The lowest BCUT2D eigenvalue weighted by molar-refractivity contribution is -0.132. The predicted molar refractivity (Wildman–Crippen MR) is 139 cm³/mol. The molecule has 9 heteroatoms. The second-order valence-electron chi connectivity index (χ2n) is 8.65. The van der Waals surface area contributed by atoms with Gasteiger partial charge in [0.15, 0.2) is 0 Å². The number of carbonyl (C=O) groups excluding carboxylic acids is 1. The van der Waals surface area contributed by atoms with Crippen molar-refractivity contribution in [1.82, 2.24) is 9.21 Å². The lowest BCUT2D eigenvalue weighted by Gasteiger charge is -2.28. The minimum absolute atomic E-state index is 0.108. The van der Waals surface area contributed by atoms with E-state index in [0.29, 0.717) is 24.7 Å². The maximum Gasteiger partial charge on any atom is 0.243 e. The van der Waals surface area contributed by atoms with E-state index in [2.05, 4.69) is 0 Å². The summed E-state index contributed by atoms with van der Waals surface area (Å²) in [7, 11) is -3.93. The van der Waals surface area contributed by atoms with E-state index in [1.54, 1.807) is 28.4 Å². The maximum atomic E-state index is 13.7. The Hall–Kier alpha value is -2.23. The zero-order valence-corrected chi connectivity index (χ0v) is 22.0. The molecule has 1 aliphatic rings. The number of carbonyl (C=O) groups is 1. The Kier molecular flexibility index (Phi) is 8.62. The molecule has 35 heavy (non-hydrogen) atoms. The summed E-state index contributed by atoms with van der Waals surface area (Å²) in [6.45, 7) is 3.31. The smallest absolute Gasteiger partial charge is 0.243 e. The number of rotatable bonds is 10. The van der Waals surface area contributed by atoms with Gasteiger partial charge in [-0.3, -0.25) is 4.79 Å². The Morgan fingerprint density at radius 2 is 1.83 bits per heavy atom. The number of hydrogen-bond acceptors (Lipinski definition) is 5. The number of thiophene rings is 1. The number of halogens is 1. The lowest BCUT2D eigenvalue weighted by Crippen LogP contribution is -2.45. The molecule has 1 fully saturated rings. The van der Waals surface area contributed by atoms with Crippen molar-refractivity contribution < 1.29 is 17.9 Å². The molecule has 0 aliphatic carbocycles. The summed E-state index contributed by atoms with van der Waals surface area (Å²) in [5.74, 6) is -0.253. The van der Waals surface area contributed by atoms with Gasteiger partial charge in [0.05, 0.1) is 24.1 Å². The zero-order chi connectivity index (χ0) is 24.8. The molecule has 1 aliphatic heterocycles. The molecule has 1 amide bonds. The molecule has 1 saturated heterocycles. The Morgan fingerprint density at radius 1 is 1.09 bits per heavy atom. The van der Waals surface area contributed by atoms with Crippen molar-refractivity contribution in [2.24, 2.45) is 0 Å². The standard InChI is InChI=1S/C26H29ClN2O4S2/c1-20-13-15-34-25(20)18-28(16-21-6-3-2-4-7-21)26(30)19-29(17-23-8-5-14-33-23)35(31,32)24-11-9-22(27)10-12-24/h2-4,6-7,9-13,15,23H,5,8,14,16-19H2,1H3. The maximum absolute atomic E-state index is 13.7. The van der Waals surface area contributed by atoms with Crippen LogP contribution in [0.3, 0.4) is 0 Å². The second-order valence-corrected chi connectivity index (χ2v) is 12.0. The molecule has 0 spiro atoms. The Morgan fingerprint density at radius 3 is 2.46 bits per heavy atom. The first-order chi connectivity index (χ1) is 16.8. The number of ether oxygens (including phenoxy) is 1. The van der Waals surface area contributed by atoms with E-state index in [4.69, 9.17) is 16.3 Å². The summed E-state index contributed by atoms with van der Waals surface area (Å²) in [5.41, 5.74) is 2.10. The van der Waals surface area contributed by atoms with Gasteiger partial charge < -0.3 is 9.64 Å². The fourth-order valence-corrected chi connectivity index (χ4v) is 6.51. The molecule has 1 aromatic heterocycles. The first-order valence-electron chi connectivity index (χ1n) is 11.5. The molecule has 3 aromatic rings. The summed E-state index contributed by atoms with van der Waals surface area (Å²) in [6, 6.07) is 17.8. The largest absolute Gasteiger partial charge is 0.377 e. The molecule has 0 saturated carbocycles. The van der Waals surface area contributed by atoms with Crippen LogP contribution in [0.4, 0.5) is 0 Å². The fraction of sp³-hybridized carbons (Fsp3) is 0.346. The van der Waals surface area contributed by atoms with E-state index < -0.39 is 10.0 Å². The Labute approximate surface area is 216 Å². The highest BCUT2D eigenvalue weighted by Crippen LogP contribution is 2.24. The average molecular weight is 533 g/mol. The van der Waals surface area contributed by atoms with Crippen LogP contribution in [-0.2, 0) is 32.6 Å². The van der Waals surface area contributed by atoms with Gasteiger partial charge in [-0.1, -0.05) is 41.9 Å². The number of aryl methyl sites for hydroxylation is 1. The van der Waals surface area contributed by atoms with Crippen LogP contribution in [0.15, 0.2) is 70.9 Å². The Balaban J connectivity index is 1.60. The summed E-state index contributed by atoms with van der Waals surface area (Å²) >= 11 is 7.57. The molecule has 0 radical (unpaired) electrons. The van der Waals surface area contributed by atoms with E-state index in [9.17, 15) is 13.2 Å². The van der Waals surface area contributed by atoms with Gasteiger partial charge >= 0.3 is 0 Å². The zero-order valence-electron chi connectivity index (χ0n) is 19.6. The fourth-order valence-electron chi connectivity index (χ4n) is 4.05. The van der Waals surface area contributed by atoms with E-state index in [0.717, 1.165) is 28.8 Å². The minimum atomic E-state index is -3.93. The van der Waals surface area contributed by atoms with E-state index in [1.165, 1.54) is 16.4 Å². The normalized spacial score (nSPS) is 16.0. The molecular weight excluding hydrogens is 504 g/mol. The quantitative estimate of drug-likeness (QED) is 0.364. The monoisotopic (exact) mass is 532 g/mol. The molecule has 0 N–H and O–H groups in total. The highest BCUT2D eigenvalue weighted by atomic mass is 35.5. The van der Waals surface area contributed by atoms with Crippen LogP contribution in [0.1, 0.15) is 28.8 Å². The van der Waals surface area contributed by atoms with Crippen LogP contribution in [0, 0.1) is 6.92 Å². The van der Waals surface area contributed by atoms with Crippen LogP contribution in [0.25, 0.3) is 0 Å². The van der Waals surface area contributed by atoms with Crippen LogP contribution in [0.5, 0.6) is 0 Å². The van der Waals surface area contributed by atoms with Gasteiger partial charge in [0.2, 0.25) is 15.9 Å². The second kappa shape index (κ2) is 11.7. The van der Waals surface area contributed by atoms with Crippen molar-refractivity contribution in [3.63, 3.8) is 0 Å². The van der Waals surface area contributed by atoms with Gasteiger partial charge in [-0.05, 0) is 66.6 Å². The lowest BCUT2D eigenvalue weighted by atomic mass is 10.2. The number of benzene rings is 2. The SMILES string of the molecule is Cc1ccsc1CN(Cc1ccccc1)C(=O)CN(CC1CCCO1)S(=O)(=O)c1ccc(Cl)cc1. The van der Waals surface area contributed by atoms with E-state index in [-0.39, 0.29) is 30.0 Å². The number of hydrogen-bond donors (Lipinski definition) is 0. The van der Waals surface area contributed by atoms with Crippen molar-refractivity contribution in [1.29, 1.82) is 0 Å². The molecule has 6 nitrogen and oxygen atoms in total. The number of sulfonamides is 1.